The van der Waals surface area contributed by atoms with Gasteiger partial charge in [-0.2, -0.15) is 0 Å². The Morgan fingerprint density at radius 1 is 1.06 bits per heavy atom. The first-order chi connectivity index (χ1) is 15.6. The van der Waals surface area contributed by atoms with Crippen LogP contribution < -0.4 is 4.90 Å². The first-order valence-corrected chi connectivity index (χ1v) is 10.9. The molecule has 2 aromatic heterocycles. The number of benzene rings is 3. The fourth-order valence-corrected chi connectivity index (χ4v) is 4.68. The summed E-state index contributed by atoms with van der Waals surface area (Å²) in [5.74, 6) is -1.64. The summed E-state index contributed by atoms with van der Waals surface area (Å²) in [6.45, 7) is 1.03. The van der Waals surface area contributed by atoms with Crippen molar-refractivity contribution in [2.75, 3.05) is 11.4 Å². The SMILES string of the molecule is O=C(c1ccc2ccccc2c1)N(CCCn1ccnc1)c1nc2c(F)cc(F)cc2s1. The van der Waals surface area contributed by atoms with E-state index in [2.05, 4.69) is 9.97 Å². The van der Waals surface area contributed by atoms with Crippen LogP contribution in [0.4, 0.5) is 13.9 Å². The summed E-state index contributed by atoms with van der Waals surface area (Å²) in [4.78, 5) is 23.4. The fraction of sp³-hybridized carbons (Fsp3) is 0.125. The van der Waals surface area contributed by atoms with Crippen molar-refractivity contribution < 1.29 is 13.6 Å². The first kappa shape index (κ1) is 20.3. The third kappa shape index (κ3) is 3.97. The van der Waals surface area contributed by atoms with Gasteiger partial charge in [-0.15, -0.1) is 0 Å². The van der Waals surface area contributed by atoms with Crippen molar-refractivity contribution in [2.45, 2.75) is 13.0 Å². The summed E-state index contributed by atoms with van der Waals surface area (Å²) in [5.41, 5.74) is 0.578. The molecule has 0 radical (unpaired) electrons. The number of hydrogen-bond acceptors (Lipinski definition) is 4. The first-order valence-electron chi connectivity index (χ1n) is 10.1. The van der Waals surface area contributed by atoms with Gasteiger partial charge in [-0.1, -0.05) is 41.7 Å². The average Bonchev–Trinajstić information content (AvgIpc) is 3.46. The van der Waals surface area contributed by atoms with Crippen LogP contribution in [0, 0.1) is 11.6 Å². The predicted molar refractivity (Wildman–Crippen MR) is 122 cm³/mol. The summed E-state index contributed by atoms with van der Waals surface area (Å²) in [7, 11) is 0. The molecular weight excluding hydrogens is 430 g/mol. The van der Waals surface area contributed by atoms with Crippen LogP contribution in [0.1, 0.15) is 16.8 Å². The van der Waals surface area contributed by atoms with E-state index in [9.17, 15) is 13.6 Å². The molecule has 3 aromatic carbocycles. The van der Waals surface area contributed by atoms with E-state index in [4.69, 9.17) is 0 Å². The lowest BCUT2D eigenvalue weighted by Gasteiger charge is -2.20. The van der Waals surface area contributed by atoms with Gasteiger partial charge in [-0.05, 0) is 35.4 Å². The Morgan fingerprint density at radius 2 is 1.91 bits per heavy atom. The van der Waals surface area contributed by atoms with Gasteiger partial charge in [0.15, 0.2) is 10.9 Å². The van der Waals surface area contributed by atoms with Gasteiger partial charge in [0.25, 0.3) is 5.91 Å². The molecule has 0 atom stereocenters. The standard InChI is InChI=1S/C24H18F2N4OS/c25-19-13-20(26)22-21(14-19)32-24(28-22)30(10-3-9-29-11-8-27-15-29)23(31)18-7-6-16-4-1-2-5-17(16)12-18/h1-2,4-8,11-15H,3,9-10H2. The number of imidazole rings is 1. The fourth-order valence-electron chi connectivity index (χ4n) is 3.65. The monoisotopic (exact) mass is 448 g/mol. The highest BCUT2D eigenvalue weighted by Crippen LogP contribution is 2.32. The van der Waals surface area contributed by atoms with Crippen molar-refractivity contribution in [2.24, 2.45) is 0 Å². The van der Waals surface area contributed by atoms with Gasteiger partial charge >= 0.3 is 0 Å². The molecule has 0 unspecified atom stereocenters. The van der Waals surface area contributed by atoms with Crippen molar-refractivity contribution in [1.29, 1.82) is 0 Å². The second-order valence-electron chi connectivity index (χ2n) is 7.40. The second kappa shape index (κ2) is 8.47. The van der Waals surface area contributed by atoms with E-state index in [1.165, 1.54) is 6.07 Å². The minimum atomic E-state index is -0.737. The number of carbonyl (C=O) groups excluding carboxylic acids is 1. The molecule has 0 saturated carbocycles. The maximum atomic E-state index is 14.3. The molecule has 5 aromatic rings. The van der Waals surface area contributed by atoms with Crippen LogP contribution in [-0.4, -0.2) is 27.0 Å². The van der Waals surface area contributed by atoms with E-state index < -0.39 is 11.6 Å². The van der Waals surface area contributed by atoms with Crippen molar-refractivity contribution in [3.63, 3.8) is 0 Å². The predicted octanol–water partition coefficient (Wildman–Crippen LogP) is 5.66. The zero-order valence-electron chi connectivity index (χ0n) is 16.9. The lowest BCUT2D eigenvalue weighted by molar-refractivity contribution is 0.0986. The van der Waals surface area contributed by atoms with Gasteiger partial charge in [0, 0.05) is 37.1 Å². The molecule has 0 aliphatic heterocycles. The van der Waals surface area contributed by atoms with Crippen molar-refractivity contribution >= 4 is 43.4 Å². The maximum absolute atomic E-state index is 14.3. The molecule has 0 N–H and O–H groups in total. The lowest BCUT2D eigenvalue weighted by atomic mass is 10.1. The number of carbonyl (C=O) groups is 1. The number of fused-ring (bicyclic) bond motifs is 2. The summed E-state index contributed by atoms with van der Waals surface area (Å²) >= 11 is 1.10. The van der Waals surface area contributed by atoms with E-state index in [-0.39, 0.29) is 11.4 Å². The molecule has 0 bridgehead atoms. The number of aryl methyl sites for hydroxylation is 1. The molecule has 1 amide bonds. The number of rotatable bonds is 6. The van der Waals surface area contributed by atoms with E-state index in [1.807, 2.05) is 47.2 Å². The second-order valence-corrected chi connectivity index (χ2v) is 8.41. The minimum absolute atomic E-state index is 0.0670. The van der Waals surface area contributed by atoms with Gasteiger partial charge < -0.3 is 4.57 Å². The van der Waals surface area contributed by atoms with E-state index in [0.717, 1.165) is 28.2 Å². The molecule has 5 nitrogen and oxygen atoms in total. The Bertz CT molecular complexity index is 1410. The number of anilines is 1. The highest BCUT2D eigenvalue weighted by Gasteiger charge is 2.22. The average molecular weight is 448 g/mol. The van der Waals surface area contributed by atoms with Crippen LogP contribution in [-0.2, 0) is 6.54 Å². The zero-order chi connectivity index (χ0) is 22.1. The third-order valence-electron chi connectivity index (χ3n) is 5.23. The third-order valence-corrected chi connectivity index (χ3v) is 6.26. The van der Waals surface area contributed by atoms with Gasteiger partial charge in [0.05, 0.1) is 11.0 Å². The van der Waals surface area contributed by atoms with Gasteiger partial charge in [0.1, 0.15) is 11.3 Å². The van der Waals surface area contributed by atoms with Crippen LogP contribution in [0.15, 0.2) is 73.3 Å². The molecule has 0 fully saturated rings. The summed E-state index contributed by atoms with van der Waals surface area (Å²) in [6, 6.07) is 15.4. The van der Waals surface area contributed by atoms with Crippen molar-refractivity contribution in [3.05, 3.63) is 90.5 Å². The largest absolute Gasteiger partial charge is 0.337 e. The van der Waals surface area contributed by atoms with E-state index in [1.54, 1.807) is 23.5 Å². The van der Waals surface area contributed by atoms with Crippen molar-refractivity contribution in [1.82, 2.24) is 14.5 Å². The molecule has 0 saturated heterocycles. The number of nitrogens with zero attached hydrogens (tertiary/aromatic N) is 4. The molecule has 160 valence electrons. The molecule has 0 spiro atoms. The topological polar surface area (TPSA) is 51.0 Å². The Balaban J connectivity index is 1.50. The Hall–Kier alpha value is -3.65. The number of thiazole rings is 1. The van der Waals surface area contributed by atoms with Crippen LogP contribution in [0.25, 0.3) is 21.0 Å². The summed E-state index contributed by atoms with van der Waals surface area (Å²) in [5, 5.41) is 2.33. The number of hydrogen-bond donors (Lipinski definition) is 0. The highest BCUT2D eigenvalue weighted by atomic mass is 32.1. The van der Waals surface area contributed by atoms with Crippen LogP contribution in [0.3, 0.4) is 0 Å². The van der Waals surface area contributed by atoms with Gasteiger partial charge in [-0.3, -0.25) is 9.69 Å². The molecule has 0 aliphatic carbocycles. The molecule has 0 aliphatic rings. The maximum Gasteiger partial charge on any atom is 0.260 e. The summed E-state index contributed by atoms with van der Waals surface area (Å²) < 4.78 is 30.2. The van der Waals surface area contributed by atoms with Gasteiger partial charge in [-0.25, -0.2) is 18.7 Å². The van der Waals surface area contributed by atoms with E-state index >= 15 is 0 Å². The molecule has 32 heavy (non-hydrogen) atoms. The minimum Gasteiger partial charge on any atom is -0.337 e. The van der Waals surface area contributed by atoms with E-state index in [0.29, 0.717) is 34.9 Å². The lowest BCUT2D eigenvalue weighted by Crippen LogP contribution is -2.32. The van der Waals surface area contributed by atoms with Crippen LogP contribution >= 0.6 is 11.3 Å². The molecule has 5 rings (SSSR count). The van der Waals surface area contributed by atoms with Crippen LogP contribution in [0.2, 0.25) is 0 Å². The molecule has 8 heteroatoms. The zero-order valence-corrected chi connectivity index (χ0v) is 17.7. The molecule has 2 heterocycles. The Labute approximate surface area is 186 Å². The molecular formula is C24H18F2N4OS. The Morgan fingerprint density at radius 3 is 2.72 bits per heavy atom. The Kier molecular flexibility index (Phi) is 5.36. The van der Waals surface area contributed by atoms with Crippen molar-refractivity contribution in [3.8, 4) is 0 Å². The smallest absolute Gasteiger partial charge is 0.260 e. The number of amides is 1. The number of halogens is 2. The van der Waals surface area contributed by atoms with Crippen LogP contribution in [0.5, 0.6) is 0 Å². The quantitative estimate of drug-likeness (QED) is 0.337. The normalized spacial score (nSPS) is 11.3. The summed E-state index contributed by atoms with van der Waals surface area (Å²) in [6.07, 6.45) is 5.90. The highest BCUT2D eigenvalue weighted by molar-refractivity contribution is 7.22. The van der Waals surface area contributed by atoms with Gasteiger partial charge in [0.2, 0.25) is 0 Å². The number of aromatic nitrogens is 3.